The van der Waals surface area contributed by atoms with E-state index in [1.54, 1.807) is 0 Å². The molecule has 25 heavy (non-hydrogen) atoms. The average molecular weight is 355 g/mol. The third-order valence-corrected chi connectivity index (χ3v) is 4.73. The van der Waals surface area contributed by atoms with Gasteiger partial charge in [-0.25, -0.2) is 0 Å². The van der Waals surface area contributed by atoms with Gasteiger partial charge in [-0.2, -0.15) is 0 Å². The number of aliphatic hydroxyl groups excluding tert-OH is 1. The van der Waals surface area contributed by atoms with Crippen molar-refractivity contribution in [1.29, 1.82) is 0 Å². The molecule has 1 rings (SSSR count). The molecule has 0 aliphatic carbocycles. The van der Waals surface area contributed by atoms with Crippen LogP contribution in [0.15, 0.2) is 4.99 Å². The number of carbonyl (C=O) groups is 1. The number of hydrogen-bond acceptors (Lipinski definition) is 3. The van der Waals surface area contributed by atoms with Crippen LogP contribution in [0.5, 0.6) is 0 Å². The fourth-order valence-electron chi connectivity index (χ4n) is 3.26. The maximum absolute atomic E-state index is 12.1. The second kappa shape index (κ2) is 12.1. The number of hydrogen-bond donors (Lipinski definition) is 3. The van der Waals surface area contributed by atoms with E-state index in [9.17, 15) is 9.90 Å². The molecule has 6 nitrogen and oxygen atoms in total. The first kappa shape index (κ1) is 21.7. The maximum Gasteiger partial charge on any atom is 0.225 e. The highest BCUT2D eigenvalue weighted by Gasteiger charge is 2.24. The standard InChI is InChI=1S/C19H38N4O2/c1-5-7-16(10-13-24)14-21-19(20-6-2)22-17-8-11-23(12-9-17)18(25)15(3)4/h15-17,24H,5-14H2,1-4H3,(H2,20,21,22). The van der Waals surface area contributed by atoms with Crippen LogP contribution in [0, 0.1) is 11.8 Å². The Morgan fingerprint density at radius 1 is 1.24 bits per heavy atom. The molecule has 6 heteroatoms. The number of amides is 1. The van der Waals surface area contributed by atoms with Crippen molar-refractivity contribution in [2.75, 3.05) is 32.8 Å². The number of aliphatic hydroxyl groups is 1. The lowest BCUT2D eigenvalue weighted by atomic mass is 10.0. The number of aliphatic imine (C=N–C) groups is 1. The fourth-order valence-corrected chi connectivity index (χ4v) is 3.26. The van der Waals surface area contributed by atoms with Gasteiger partial charge in [0.25, 0.3) is 0 Å². The summed E-state index contributed by atoms with van der Waals surface area (Å²) in [5.41, 5.74) is 0. The molecular formula is C19H38N4O2. The van der Waals surface area contributed by atoms with Crippen LogP contribution in [-0.2, 0) is 4.79 Å². The van der Waals surface area contributed by atoms with Crippen molar-refractivity contribution in [2.45, 2.75) is 65.8 Å². The van der Waals surface area contributed by atoms with Crippen LogP contribution < -0.4 is 10.6 Å². The van der Waals surface area contributed by atoms with Crippen molar-refractivity contribution < 1.29 is 9.90 Å². The molecule has 1 aliphatic rings. The molecule has 1 unspecified atom stereocenters. The topological polar surface area (TPSA) is 77.0 Å². The van der Waals surface area contributed by atoms with Crippen LogP contribution in [0.4, 0.5) is 0 Å². The molecule has 1 aliphatic heterocycles. The molecule has 1 saturated heterocycles. The van der Waals surface area contributed by atoms with Gasteiger partial charge in [0.05, 0.1) is 0 Å². The molecule has 1 fully saturated rings. The molecule has 1 amide bonds. The highest BCUT2D eigenvalue weighted by molar-refractivity contribution is 5.80. The molecule has 0 aromatic heterocycles. The van der Waals surface area contributed by atoms with Gasteiger partial charge >= 0.3 is 0 Å². The number of rotatable bonds is 9. The van der Waals surface area contributed by atoms with Gasteiger partial charge in [0.2, 0.25) is 5.91 Å². The summed E-state index contributed by atoms with van der Waals surface area (Å²) in [5.74, 6) is 1.63. The van der Waals surface area contributed by atoms with E-state index in [1.807, 2.05) is 18.7 Å². The Morgan fingerprint density at radius 2 is 1.92 bits per heavy atom. The molecule has 3 N–H and O–H groups in total. The monoisotopic (exact) mass is 354 g/mol. The Bertz CT molecular complexity index is 398. The third kappa shape index (κ3) is 8.08. The number of likely N-dealkylation sites (tertiary alicyclic amines) is 1. The summed E-state index contributed by atoms with van der Waals surface area (Å²) >= 11 is 0. The van der Waals surface area contributed by atoms with E-state index >= 15 is 0 Å². The number of piperidine rings is 1. The maximum atomic E-state index is 12.1. The van der Waals surface area contributed by atoms with E-state index in [2.05, 4.69) is 24.5 Å². The number of nitrogens with one attached hydrogen (secondary N) is 2. The Kier molecular flexibility index (Phi) is 10.5. The summed E-state index contributed by atoms with van der Waals surface area (Å²) in [5, 5.41) is 16.0. The van der Waals surface area contributed by atoms with E-state index in [0.29, 0.717) is 12.0 Å². The molecule has 1 heterocycles. The van der Waals surface area contributed by atoms with E-state index < -0.39 is 0 Å². The first-order valence-corrected chi connectivity index (χ1v) is 9.96. The van der Waals surface area contributed by atoms with Gasteiger partial charge in [-0.1, -0.05) is 27.2 Å². The van der Waals surface area contributed by atoms with Crippen molar-refractivity contribution in [1.82, 2.24) is 15.5 Å². The van der Waals surface area contributed by atoms with Gasteiger partial charge in [0.1, 0.15) is 0 Å². The Hall–Kier alpha value is -1.30. The number of carbonyl (C=O) groups excluding carboxylic acids is 1. The van der Waals surface area contributed by atoms with Crippen LogP contribution >= 0.6 is 0 Å². The quantitative estimate of drug-likeness (QED) is 0.437. The molecule has 0 spiro atoms. The minimum atomic E-state index is 0.0745. The van der Waals surface area contributed by atoms with Crippen molar-refractivity contribution in [2.24, 2.45) is 16.8 Å². The normalized spacial score (nSPS) is 17.7. The first-order valence-electron chi connectivity index (χ1n) is 9.96. The number of nitrogens with zero attached hydrogens (tertiary/aromatic N) is 2. The summed E-state index contributed by atoms with van der Waals surface area (Å²) in [6, 6.07) is 0.358. The lowest BCUT2D eigenvalue weighted by Gasteiger charge is -2.34. The summed E-state index contributed by atoms with van der Waals surface area (Å²) < 4.78 is 0. The zero-order valence-corrected chi connectivity index (χ0v) is 16.6. The van der Waals surface area contributed by atoms with Crippen molar-refractivity contribution >= 4 is 11.9 Å². The van der Waals surface area contributed by atoms with Crippen LogP contribution in [0.1, 0.15) is 59.8 Å². The van der Waals surface area contributed by atoms with Crippen LogP contribution in [0.3, 0.4) is 0 Å². The predicted octanol–water partition coefficient (Wildman–Crippen LogP) is 1.99. The number of guanidine groups is 1. The van der Waals surface area contributed by atoms with E-state index in [4.69, 9.17) is 4.99 Å². The molecular weight excluding hydrogens is 316 g/mol. The Balaban J connectivity index is 2.52. The highest BCUT2D eigenvalue weighted by atomic mass is 16.3. The third-order valence-electron chi connectivity index (χ3n) is 4.73. The molecule has 1 atom stereocenters. The van der Waals surface area contributed by atoms with Gasteiger partial charge in [-0.3, -0.25) is 9.79 Å². The molecule has 146 valence electrons. The Labute approximate surface area is 153 Å². The van der Waals surface area contributed by atoms with E-state index in [0.717, 1.165) is 64.2 Å². The zero-order chi connectivity index (χ0) is 18.7. The highest BCUT2D eigenvalue weighted by Crippen LogP contribution is 2.14. The molecule has 0 aromatic carbocycles. The Morgan fingerprint density at radius 3 is 2.44 bits per heavy atom. The van der Waals surface area contributed by atoms with Gasteiger partial charge < -0.3 is 20.6 Å². The predicted molar refractivity (Wildman–Crippen MR) is 104 cm³/mol. The van der Waals surface area contributed by atoms with Crippen LogP contribution in [0.25, 0.3) is 0 Å². The first-order chi connectivity index (χ1) is 12.0. The second-order valence-corrected chi connectivity index (χ2v) is 7.29. The molecule has 0 saturated carbocycles. The van der Waals surface area contributed by atoms with Crippen molar-refractivity contribution in [3.63, 3.8) is 0 Å². The summed E-state index contributed by atoms with van der Waals surface area (Å²) in [4.78, 5) is 18.8. The lowest BCUT2D eigenvalue weighted by Crippen LogP contribution is -2.50. The van der Waals surface area contributed by atoms with Crippen LogP contribution in [-0.4, -0.2) is 60.7 Å². The molecule has 0 aromatic rings. The zero-order valence-electron chi connectivity index (χ0n) is 16.6. The minimum absolute atomic E-state index is 0.0745. The van der Waals surface area contributed by atoms with E-state index in [-0.39, 0.29) is 18.4 Å². The summed E-state index contributed by atoms with van der Waals surface area (Å²) in [6.07, 6.45) is 4.94. The van der Waals surface area contributed by atoms with Gasteiger partial charge in [-0.15, -0.1) is 0 Å². The average Bonchev–Trinajstić information content (AvgIpc) is 2.60. The SMILES string of the molecule is CCCC(CCO)CN=C(NCC)NC1CCN(C(=O)C(C)C)CC1. The fraction of sp³-hybridized carbons (Fsp3) is 0.895. The van der Waals surface area contributed by atoms with Gasteiger partial charge in [-0.05, 0) is 38.5 Å². The van der Waals surface area contributed by atoms with Gasteiger partial charge in [0.15, 0.2) is 5.96 Å². The minimum Gasteiger partial charge on any atom is -0.396 e. The van der Waals surface area contributed by atoms with Crippen molar-refractivity contribution in [3.05, 3.63) is 0 Å². The van der Waals surface area contributed by atoms with E-state index in [1.165, 1.54) is 0 Å². The summed E-state index contributed by atoms with van der Waals surface area (Å²) in [7, 11) is 0. The lowest BCUT2D eigenvalue weighted by molar-refractivity contribution is -0.135. The largest absolute Gasteiger partial charge is 0.396 e. The summed E-state index contributed by atoms with van der Waals surface area (Å²) in [6.45, 7) is 11.6. The smallest absolute Gasteiger partial charge is 0.225 e. The van der Waals surface area contributed by atoms with Gasteiger partial charge in [0, 0.05) is 44.7 Å². The molecule has 0 bridgehead atoms. The van der Waals surface area contributed by atoms with Crippen molar-refractivity contribution in [3.8, 4) is 0 Å². The second-order valence-electron chi connectivity index (χ2n) is 7.29. The molecule has 0 radical (unpaired) electrons. The van der Waals surface area contributed by atoms with Crippen LogP contribution in [0.2, 0.25) is 0 Å².